The lowest BCUT2D eigenvalue weighted by atomic mass is 10.1. The Bertz CT molecular complexity index is 492. The molecule has 1 aromatic rings. The number of rotatable bonds is 5. The van der Waals surface area contributed by atoms with Crippen LogP contribution >= 0.6 is 0 Å². The summed E-state index contributed by atoms with van der Waals surface area (Å²) < 4.78 is 46.8. The zero-order valence-electron chi connectivity index (χ0n) is 10.0. The van der Waals surface area contributed by atoms with Crippen LogP contribution in [0.1, 0.15) is 13.8 Å². The van der Waals surface area contributed by atoms with Crippen LogP contribution in [0.5, 0.6) is 0 Å². The van der Waals surface area contributed by atoms with Crippen molar-refractivity contribution in [2.24, 2.45) is 0 Å². The first kappa shape index (κ1) is 14.8. The molecule has 0 spiro atoms. The van der Waals surface area contributed by atoms with E-state index in [0.29, 0.717) is 5.69 Å². The van der Waals surface area contributed by atoms with Crippen molar-refractivity contribution in [2.45, 2.75) is 30.1 Å². The lowest BCUT2D eigenvalue weighted by Crippen LogP contribution is -2.29. The first-order valence-electron chi connectivity index (χ1n) is 5.21. The standard InChI is InChI=1S/C11H15F2NO3S/c1-11(2,15)7-14-8-3-5-9(6-4-8)18(16,17)10(12)13/h3-6,10,14-15H,7H2,1-2H3. The highest BCUT2D eigenvalue weighted by Crippen LogP contribution is 2.20. The second-order valence-electron chi connectivity index (χ2n) is 4.50. The van der Waals surface area contributed by atoms with Crippen LogP contribution in [0.4, 0.5) is 14.5 Å². The third kappa shape index (κ3) is 3.92. The number of anilines is 1. The van der Waals surface area contributed by atoms with Gasteiger partial charge in [-0.15, -0.1) is 0 Å². The Balaban J connectivity index is 2.81. The lowest BCUT2D eigenvalue weighted by molar-refractivity contribution is 0.0945. The summed E-state index contributed by atoms with van der Waals surface area (Å²) in [5.41, 5.74) is -0.376. The van der Waals surface area contributed by atoms with E-state index in [1.165, 1.54) is 12.1 Å². The molecule has 0 amide bonds. The van der Waals surface area contributed by atoms with Gasteiger partial charge in [0.2, 0.25) is 9.84 Å². The van der Waals surface area contributed by atoms with Gasteiger partial charge in [-0.3, -0.25) is 0 Å². The average Bonchev–Trinajstić information content (AvgIpc) is 2.26. The van der Waals surface area contributed by atoms with E-state index in [1.807, 2.05) is 0 Å². The van der Waals surface area contributed by atoms with Crippen molar-refractivity contribution in [3.63, 3.8) is 0 Å². The van der Waals surface area contributed by atoms with Gasteiger partial charge in [-0.1, -0.05) is 0 Å². The average molecular weight is 279 g/mol. The summed E-state index contributed by atoms with van der Waals surface area (Å²) >= 11 is 0. The molecule has 0 aliphatic carbocycles. The van der Waals surface area contributed by atoms with E-state index in [4.69, 9.17) is 0 Å². The minimum atomic E-state index is -4.55. The van der Waals surface area contributed by atoms with Crippen molar-refractivity contribution in [1.29, 1.82) is 0 Å². The summed E-state index contributed by atoms with van der Waals surface area (Å²) in [6, 6.07) is 4.96. The number of aliphatic hydroxyl groups is 1. The van der Waals surface area contributed by atoms with Gasteiger partial charge in [-0.2, -0.15) is 8.78 Å². The van der Waals surface area contributed by atoms with E-state index in [2.05, 4.69) is 5.32 Å². The van der Waals surface area contributed by atoms with Gasteiger partial charge in [0.1, 0.15) is 0 Å². The minimum absolute atomic E-state index is 0.258. The van der Waals surface area contributed by atoms with Gasteiger partial charge in [0.25, 0.3) is 0 Å². The highest BCUT2D eigenvalue weighted by molar-refractivity contribution is 7.91. The normalized spacial score (nSPS) is 12.8. The number of sulfone groups is 1. The molecule has 0 heterocycles. The predicted molar refractivity (Wildman–Crippen MR) is 64.4 cm³/mol. The minimum Gasteiger partial charge on any atom is -0.389 e. The van der Waals surface area contributed by atoms with Crippen LogP contribution in [0, 0.1) is 0 Å². The Morgan fingerprint density at radius 3 is 2.17 bits per heavy atom. The number of alkyl halides is 2. The topological polar surface area (TPSA) is 66.4 Å². The van der Waals surface area contributed by atoms with Gasteiger partial charge in [0.05, 0.1) is 10.5 Å². The number of halogens is 2. The third-order valence-corrected chi connectivity index (χ3v) is 3.54. The molecule has 0 saturated heterocycles. The van der Waals surface area contributed by atoms with Crippen molar-refractivity contribution in [3.8, 4) is 0 Å². The van der Waals surface area contributed by atoms with Gasteiger partial charge < -0.3 is 10.4 Å². The van der Waals surface area contributed by atoms with Gasteiger partial charge in [0.15, 0.2) is 0 Å². The smallest absolute Gasteiger partial charge is 0.341 e. The molecule has 7 heteroatoms. The molecule has 0 fully saturated rings. The number of benzene rings is 1. The molecule has 0 atom stereocenters. The maximum Gasteiger partial charge on any atom is 0.341 e. The molecule has 0 radical (unpaired) electrons. The van der Waals surface area contributed by atoms with Gasteiger partial charge in [0, 0.05) is 12.2 Å². The number of nitrogens with one attached hydrogen (secondary N) is 1. The molecule has 0 bridgehead atoms. The maximum atomic E-state index is 12.3. The van der Waals surface area contributed by atoms with Crippen molar-refractivity contribution >= 4 is 15.5 Å². The molecule has 2 N–H and O–H groups in total. The molecule has 1 rings (SSSR count). The van der Waals surface area contributed by atoms with Crippen LogP contribution in [-0.2, 0) is 9.84 Å². The molecule has 18 heavy (non-hydrogen) atoms. The molecule has 0 unspecified atom stereocenters. The highest BCUT2D eigenvalue weighted by atomic mass is 32.2. The molecule has 0 aromatic heterocycles. The van der Waals surface area contributed by atoms with Crippen molar-refractivity contribution < 1.29 is 22.3 Å². The second kappa shape index (κ2) is 5.19. The Morgan fingerprint density at radius 2 is 1.78 bits per heavy atom. The Hall–Kier alpha value is -1.21. The molecule has 1 aromatic carbocycles. The number of hydrogen-bond donors (Lipinski definition) is 2. The van der Waals surface area contributed by atoms with E-state index in [-0.39, 0.29) is 6.54 Å². The van der Waals surface area contributed by atoms with Crippen molar-refractivity contribution in [1.82, 2.24) is 0 Å². The molecule has 0 saturated carbocycles. The van der Waals surface area contributed by atoms with E-state index in [0.717, 1.165) is 12.1 Å². The van der Waals surface area contributed by atoms with Gasteiger partial charge in [-0.25, -0.2) is 8.42 Å². The largest absolute Gasteiger partial charge is 0.389 e. The SMILES string of the molecule is CC(C)(O)CNc1ccc(S(=O)(=O)C(F)F)cc1. The highest BCUT2D eigenvalue weighted by Gasteiger charge is 2.26. The first-order chi connectivity index (χ1) is 8.13. The summed E-state index contributed by atoms with van der Waals surface area (Å²) in [5.74, 6) is -3.42. The molecular formula is C11H15F2NO3S. The fourth-order valence-electron chi connectivity index (χ4n) is 1.18. The van der Waals surface area contributed by atoms with E-state index in [1.54, 1.807) is 13.8 Å². The van der Waals surface area contributed by atoms with Crippen LogP contribution in [0.15, 0.2) is 29.2 Å². The van der Waals surface area contributed by atoms with E-state index in [9.17, 15) is 22.3 Å². The summed E-state index contributed by atoms with van der Waals surface area (Å²) in [6.07, 6.45) is 0. The number of hydrogen-bond acceptors (Lipinski definition) is 4. The quantitative estimate of drug-likeness (QED) is 0.863. The molecule has 4 nitrogen and oxygen atoms in total. The monoisotopic (exact) mass is 279 g/mol. The Labute approximate surface area is 105 Å². The van der Waals surface area contributed by atoms with Gasteiger partial charge >= 0.3 is 5.76 Å². The third-order valence-electron chi connectivity index (χ3n) is 2.14. The van der Waals surface area contributed by atoms with Crippen LogP contribution in [0.25, 0.3) is 0 Å². The van der Waals surface area contributed by atoms with Gasteiger partial charge in [-0.05, 0) is 38.1 Å². The molecule has 102 valence electrons. The zero-order valence-corrected chi connectivity index (χ0v) is 10.8. The predicted octanol–water partition coefficient (Wildman–Crippen LogP) is 1.87. The summed E-state index contributed by atoms with van der Waals surface area (Å²) in [4.78, 5) is -0.425. The zero-order chi connectivity index (χ0) is 14.0. The van der Waals surface area contributed by atoms with Crippen LogP contribution < -0.4 is 5.32 Å². The Kier molecular flexibility index (Phi) is 4.28. The first-order valence-corrected chi connectivity index (χ1v) is 6.76. The molecular weight excluding hydrogens is 264 g/mol. The Morgan fingerprint density at radius 1 is 1.28 bits per heavy atom. The summed E-state index contributed by atoms with van der Waals surface area (Å²) in [5, 5.41) is 12.3. The fraction of sp³-hybridized carbons (Fsp3) is 0.455. The van der Waals surface area contributed by atoms with Crippen molar-refractivity contribution in [2.75, 3.05) is 11.9 Å². The van der Waals surface area contributed by atoms with Crippen LogP contribution in [-0.4, -0.2) is 31.4 Å². The van der Waals surface area contributed by atoms with Crippen LogP contribution in [0.3, 0.4) is 0 Å². The summed E-state index contributed by atoms with van der Waals surface area (Å²) in [6.45, 7) is 3.47. The van der Waals surface area contributed by atoms with E-state index < -0.39 is 26.1 Å². The van der Waals surface area contributed by atoms with E-state index >= 15 is 0 Å². The lowest BCUT2D eigenvalue weighted by Gasteiger charge is -2.18. The molecule has 0 aliphatic rings. The molecule has 0 aliphatic heterocycles. The second-order valence-corrected chi connectivity index (χ2v) is 6.41. The van der Waals surface area contributed by atoms with Crippen molar-refractivity contribution in [3.05, 3.63) is 24.3 Å². The fourth-order valence-corrected chi connectivity index (χ4v) is 1.90. The van der Waals surface area contributed by atoms with Crippen LogP contribution in [0.2, 0.25) is 0 Å². The summed E-state index contributed by atoms with van der Waals surface area (Å²) in [7, 11) is -4.55. The maximum absolute atomic E-state index is 12.3.